The molecule has 3 N–H and O–H groups in total. The fraction of sp³-hybridized carbons (Fsp3) is 0.889. The molecule has 0 saturated heterocycles. The number of aliphatic hydroxyl groups excluding tert-OH is 1. The van der Waals surface area contributed by atoms with Crippen molar-refractivity contribution in [2.75, 3.05) is 13.7 Å². The molecule has 1 unspecified atom stereocenters. The molecule has 4 nitrogen and oxygen atoms in total. The average molecular weight is 188 g/mol. The Kier molecular flexibility index (Phi) is 4.36. The van der Waals surface area contributed by atoms with Crippen LogP contribution < -0.4 is 5.73 Å². The lowest BCUT2D eigenvalue weighted by Crippen LogP contribution is -2.48. The second kappa shape index (κ2) is 4.58. The number of carbonyl (C=O) groups is 1. The van der Waals surface area contributed by atoms with Crippen LogP contribution in [0.25, 0.3) is 0 Å². The van der Waals surface area contributed by atoms with Gasteiger partial charge in [0.05, 0.1) is 12.1 Å². The van der Waals surface area contributed by atoms with E-state index in [4.69, 9.17) is 10.8 Å². The van der Waals surface area contributed by atoms with E-state index in [9.17, 15) is 4.79 Å². The Balaban J connectivity index is 4.25. The van der Waals surface area contributed by atoms with Crippen LogP contribution in [-0.2, 0) is 4.79 Å². The lowest BCUT2D eigenvalue weighted by molar-refractivity contribution is -0.136. The second-order valence-corrected chi connectivity index (χ2v) is 4.10. The number of nitrogens with zero attached hydrogens (tertiary/aromatic N) is 1. The number of hydrogen-bond acceptors (Lipinski definition) is 3. The van der Waals surface area contributed by atoms with Gasteiger partial charge in [-0.2, -0.15) is 0 Å². The first-order valence-corrected chi connectivity index (χ1v) is 4.44. The Hall–Kier alpha value is -0.610. The first-order valence-electron chi connectivity index (χ1n) is 4.44. The van der Waals surface area contributed by atoms with Crippen molar-refractivity contribution in [2.45, 2.75) is 38.8 Å². The summed E-state index contributed by atoms with van der Waals surface area (Å²) < 4.78 is 0. The molecule has 0 aromatic rings. The Bertz CT molecular complexity index is 178. The minimum Gasteiger partial charge on any atom is -0.394 e. The largest absolute Gasteiger partial charge is 0.394 e. The van der Waals surface area contributed by atoms with E-state index in [1.54, 1.807) is 14.0 Å². The topological polar surface area (TPSA) is 66.6 Å². The van der Waals surface area contributed by atoms with Crippen LogP contribution in [0.5, 0.6) is 0 Å². The maximum Gasteiger partial charge on any atom is 0.224 e. The molecule has 0 aromatic heterocycles. The van der Waals surface area contributed by atoms with Gasteiger partial charge in [-0.15, -0.1) is 0 Å². The summed E-state index contributed by atoms with van der Waals surface area (Å²) in [5, 5.41) is 9.02. The molecule has 0 fully saturated rings. The molecular formula is C9H20N2O2. The summed E-state index contributed by atoms with van der Waals surface area (Å²) in [6.45, 7) is 5.37. The van der Waals surface area contributed by atoms with Crippen molar-refractivity contribution in [1.82, 2.24) is 4.90 Å². The first kappa shape index (κ1) is 12.4. The summed E-state index contributed by atoms with van der Waals surface area (Å²) in [4.78, 5) is 13.0. The molecule has 0 aliphatic heterocycles. The van der Waals surface area contributed by atoms with Gasteiger partial charge in [0.15, 0.2) is 0 Å². The van der Waals surface area contributed by atoms with E-state index >= 15 is 0 Å². The smallest absolute Gasteiger partial charge is 0.224 e. The van der Waals surface area contributed by atoms with E-state index < -0.39 is 5.54 Å². The van der Waals surface area contributed by atoms with Gasteiger partial charge < -0.3 is 15.7 Å². The lowest BCUT2D eigenvalue weighted by Gasteiger charge is -2.34. The fourth-order valence-electron chi connectivity index (χ4n) is 0.856. The number of likely N-dealkylation sites (N-methyl/N-ethyl adjacent to an activating group) is 1. The van der Waals surface area contributed by atoms with E-state index in [-0.39, 0.29) is 18.6 Å². The third kappa shape index (κ3) is 3.74. The molecule has 0 aliphatic carbocycles. The highest BCUT2D eigenvalue weighted by Gasteiger charge is 2.26. The van der Waals surface area contributed by atoms with Crippen molar-refractivity contribution in [3.63, 3.8) is 0 Å². The number of carbonyl (C=O) groups excluding carboxylic acids is 1. The minimum absolute atomic E-state index is 0.0333. The van der Waals surface area contributed by atoms with E-state index in [2.05, 4.69) is 0 Å². The normalized spacial score (nSPS) is 14.0. The molecule has 0 saturated carbocycles. The Morgan fingerprint density at radius 2 is 2.08 bits per heavy atom. The molecule has 0 aromatic carbocycles. The van der Waals surface area contributed by atoms with Gasteiger partial charge in [0, 0.05) is 19.5 Å². The third-order valence-corrected chi connectivity index (χ3v) is 2.17. The van der Waals surface area contributed by atoms with Gasteiger partial charge in [0.2, 0.25) is 5.91 Å². The molecule has 0 spiro atoms. The Morgan fingerprint density at radius 3 is 2.38 bits per heavy atom. The van der Waals surface area contributed by atoms with Crippen LogP contribution in [0.2, 0.25) is 0 Å². The third-order valence-electron chi connectivity index (χ3n) is 2.17. The highest BCUT2D eigenvalue weighted by molar-refractivity contribution is 5.77. The van der Waals surface area contributed by atoms with Crippen molar-refractivity contribution >= 4 is 5.91 Å². The SMILES string of the molecule is CC(N)CC(=O)N(C)C(C)(C)CO. The average Bonchev–Trinajstić information content (AvgIpc) is 2.01. The maximum atomic E-state index is 11.5. The van der Waals surface area contributed by atoms with Gasteiger partial charge in [-0.25, -0.2) is 0 Å². The predicted molar refractivity (Wildman–Crippen MR) is 52.2 cm³/mol. The van der Waals surface area contributed by atoms with Crippen LogP contribution >= 0.6 is 0 Å². The van der Waals surface area contributed by atoms with Gasteiger partial charge in [-0.05, 0) is 20.8 Å². The van der Waals surface area contributed by atoms with Gasteiger partial charge >= 0.3 is 0 Å². The summed E-state index contributed by atoms with van der Waals surface area (Å²) in [6, 6.07) is -0.135. The fourth-order valence-corrected chi connectivity index (χ4v) is 0.856. The monoisotopic (exact) mass is 188 g/mol. The minimum atomic E-state index is -0.508. The first-order chi connectivity index (χ1) is 5.81. The highest BCUT2D eigenvalue weighted by atomic mass is 16.3. The molecule has 1 atom stereocenters. The molecule has 0 rings (SSSR count). The molecule has 0 bridgehead atoms. The van der Waals surface area contributed by atoms with Gasteiger partial charge in [0.25, 0.3) is 0 Å². The standard InChI is InChI=1S/C9H20N2O2/c1-7(10)5-8(13)11(4)9(2,3)6-12/h7,12H,5-6,10H2,1-4H3. The number of hydrogen-bond donors (Lipinski definition) is 2. The summed E-state index contributed by atoms with van der Waals surface area (Å²) in [5.41, 5.74) is 5.00. The summed E-state index contributed by atoms with van der Waals surface area (Å²) in [5.74, 6) is -0.0333. The molecular weight excluding hydrogens is 168 g/mol. The van der Waals surface area contributed by atoms with E-state index in [0.717, 1.165) is 0 Å². The molecule has 13 heavy (non-hydrogen) atoms. The van der Waals surface area contributed by atoms with E-state index in [1.165, 1.54) is 4.90 Å². The van der Waals surface area contributed by atoms with E-state index in [0.29, 0.717) is 6.42 Å². The van der Waals surface area contributed by atoms with E-state index in [1.807, 2.05) is 13.8 Å². The summed E-state index contributed by atoms with van der Waals surface area (Å²) in [6.07, 6.45) is 0.319. The van der Waals surface area contributed by atoms with Crippen LogP contribution in [0.1, 0.15) is 27.2 Å². The highest BCUT2D eigenvalue weighted by Crippen LogP contribution is 2.12. The zero-order chi connectivity index (χ0) is 10.6. The predicted octanol–water partition coefficient (Wildman–Crippen LogP) is -0.0470. The van der Waals surface area contributed by atoms with Gasteiger partial charge in [0.1, 0.15) is 0 Å². The number of rotatable bonds is 4. The Labute approximate surface area is 79.7 Å². The number of aliphatic hydroxyl groups is 1. The maximum absolute atomic E-state index is 11.5. The van der Waals surface area contributed by atoms with Crippen molar-refractivity contribution in [2.24, 2.45) is 5.73 Å². The van der Waals surface area contributed by atoms with Crippen LogP contribution in [0.15, 0.2) is 0 Å². The van der Waals surface area contributed by atoms with Crippen molar-refractivity contribution in [1.29, 1.82) is 0 Å². The van der Waals surface area contributed by atoms with Crippen LogP contribution in [0.3, 0.4) is 0 Å². The van der Waals surface area contributed by atoms with Crippen molar-refractivity contribution in [3.8, 4) is 0 Å². The quantitative estimate of drug-likeness (QED) is 0.650. The van der Waals surface area contributed by atoms with Gasteiger partial charge in [-0.3, -0.25) is 4.79 Å². The second-order valence-electron chi connectivity index (χ2n) is 4.10. The Morgan fingerprint density at radius 1 is 1.62 bits per heavy atom. The molecule has 0 heterocycles. The number of amides is 1. The van der Waals surface area contributed by atoms with Crippen LogP contribution in [0, 0.1) is 0 Å². The van der Waals surface area contributed by atoms with Crippen LogP contribution in [-0.4, -0.2) is 41.1 Å². The molecule has 0 radical (unpaired) electrons. The molecule has 78 valence electrons. The zero-order valence-electron chi connectivity index (χ0n) is 8.87. The molecule has 0 aliphatic rings. The molecule has 4 heteroatoms. The van der Waals surface area contributed by atoms with Crippen LogP contribution in [0.4, 0.5) is 0 Å². The van der Waals surface area contributed by atoms with Crippen molar-refractivity contribution in [3.05, 3.63) is 0 Å². The zero-order valence-corrected chi connectivity index (χ0v) is 8.87. The lowest BCUT2D eigenvalue weighted by atomic mass is 10.0. The van der Waals surface area contributed by atoms with Gasteiger partial charge in [-0.1, -0.05) is 0 Å². The van der Waals surface area contributed by atoms with Crippen molar-refractivity contribution < 1.29 is 9.90 Å². The molecule has 1 amide bonds. The summed E-state index contributed by atoms with van der Waals surface area (Å²) in [7, 11) is 1.68. The number of nitrogens with two attached hydrogens (primary N) is 1. The summed E-state index contributed by atoms with van der Waals surface area (Å²) >= 11 is 0.